The van der Waals surface area contributed by atoms with E-state index in [2.05, 4.69) is 15.9 Å². The van der Waals surface area contributed by atoms with Gasteiger partial charge in [-0.2, -0.15) is 0 Å². The molecular weight excluding hydrogens is 284 g/mol. The molecule has 1 aromatic rings. The first-order chi connectivity index (χ1) is 7.82. The summed E-state index contributed by atoms with van der Waals surface area (Å²) in [5.74, 6) is -0.342. The summed E-state index contributed by atoms with van der Waals surface area (Å²) in [6, 6.07) is 3.84. The van der Waals surface area contributed by atoms with Crippen LogP contribution in [0.1, 0.15) is 25.0 Å². The van der Waals surface area contributed by atoms with Gasteiger partial charge in [0.25, 0.3) is 0 Å². The van der Waals surface area contributed by atoms with Crippen molar-refractivity contribution in [2.45, 2.75) is 33.8 Å². The lowest BCUT2D eigenvalue weighted by Gasteiger charge is -2.21. The van der Waals surface area contributed by atoms with Crippen LogP contribution in [-0.4, -0.2) is 17.2 Å². The lowest BCUT2D eigenvalue weighted by Crippen LogP contribution is -2.32. The molecule has 0 aliphatic rings. The van der Waals surface area contributed by atoms with E-state index in [9.17, 15) is 4.79 Å². The van der Waals surface area contributed by atoms with Gasteiger partial charge < -0.3 is 9.84 Å². The highest BCUT2D eigenvalue weighted by atomic mass is 79.9. The van der Waals surface area contributed by atoms with Crippen molar-refractivity contribution < 1.29 is 14.6 Å². The predicted molar refractivity (Wildman–Crippen MR) is 70.5 cm³/mol. The highest BCUT2D eigenvalue weighted by molar-refractivity contribution is 9.10. The van der Waals surface area contributed by atoms with Crippen LogP contribution in [0.5, 0.6) is 5.75 Å². The maximum absolute atomic E-state index is 11.1. The summed E-state index contributed by atoms with van der Waals surface area (Å²) in [6.07, 6.45) is -0.812. The van der Waals surface area contributed by atoms with Crippen molar-refractivity contribution in [2.75, 3.05) is 0 Å². The van der Waals surface area contributed by atoms with E-state index in [-0.39, 0.29) is 5.92 Å². The number of carboxylic acid groups (broad SMARTS) is 1. The van der Waals surface area contributed by atoms with Gasteiger partial charge in [0, 0.05) is 10.4 Å². The Kier molecular flexibility index (Phi) is 4.57. The molecule has 1 N–H and O–H groups in total. The van der Waals surface area contributed by atoms with Gasteiger partial charge in [-0.05, 0) is 37.1 Å². The van der Waals surface area contributed by atoms with Gasteiger partial charge >= 0.3 is 5.97 Å². The molecule has 0 saturated carbocycles. The molecule has 0 radical (unpaired) electrons. The molecule has 1 rings (SSSR count). The van der Waals surface area contributed by atoms with E-state index in [0.717, 1.165) is 15.6 Å². The van der Waals surface area contributed by atoms with Crippen LogP contribution in [-0.2, 0) is 4.79 Å². The van der Waals surface area contributed by atoms with Crippen molar-refractivity contribution in [3.8, 4) is 5.75 Å². The summed E-state index contributed by atoms with van der Waals surface area (Å²) < 4.78 is 6.60. The molecule has 3 nitrogen and oxygen atoms in total. The number of rotatable bonds is 4. The van der Waals surface area contributed by atoms with E-state index >= 15 is 0 Å². The maximum atomic E-state index is 11.1. The van der Waals surface area contributed by atoms with E-state index < -0.39 is 12.1 Å². The van der Waals surface area contributed by atoms with E-state index in [1.807, 2.05) is 39.8 Å². The topological polar surface area (TPSA) is 46.5 Å². The Balaban J connectivity index is 3.05. The number of carboxylic acids is 1. The molecule has 0 amide bonds. The summed E-state index contributed by atoms with van der Waals surface area (Å²) in [5.41, 5.74) is 1.87. The third kappa shape index (κ3) is 3.46. The Morgan fingerprint density at radius 2 is 1.76 bits per heavy atom. The first-order valence-corrected chi connectivity index (χ1v) is 6.28. The van der Waals surface area contributed by atoms with Crippen molar-refractivity contribution >= 4 is 21.9 Å². The van der Waals surface area contributed by atoms with Crippen molar-refractivity contribution in [2.24, 2.45) is 5.92 Å². The molecule has 0 heterocycles. The smallest absolute Gasteiger partial charge is 0.345 e. The number of aryl methyl sites for hydroxylation is 2. The average Bonchev–Trinajstić information content (AvgIpc) is 2.14. The summed E-state index contributed by atoms with van der Waals surface area (Å²) in [5, 5.41) is 9.11. The lowest BCUT2D eigenvalue weighted by atomic mass is 10.1. The first-order valence-electron chi connectivity index (χ1n) is 5.49. The number of hydrogen-bond donors (Lipinski definition) is 1. The van der Waals surface area contributed by atoms with Gasteiger partial charge in [0.15, 0.2) is 6.10 Å². The van der Waals surface area contributed by atoms with Gasteiger partial charge in [-0.15, -0.1) is 0 Å². The predicted octanol–water partition coefficient (Wildman–Crippen LogP) is 3.55. The fourth-order valence-electron chi connectivity index (χ4n) is 1.68. The maximum Gasteiger partial charge on any atom is 0.345 e. The van der Waals surface area contributed by atoms with Crippen LogP contribution >= 0.6 is 15.9 Å². The van der Waals surface area contributed by atoms with Crippen LogP contribution in [0.15, 0.2) is 16.6 Å². The summed E-state index contributed by atoms with van der Waals surface area (Å²) in [4.78, 5) is 11.1. The van der Waals surface area contributed by atoms with Crippen LogP contribution in [0, 0.1) is 19.8 Å². The Labute approximate surface area is 110 Å². The second kappa shape index (κ2) is 5.54. The van der Waals surface area contributed by atoms with Gasteiger partial charge in [-0.1, -0.05) is 29.8 Å². The van der Waals surface area contributed by atoms with Crippen LogP contribution in [0.4, 0.5) is 0 Å². The SMILES string of the molecule is Cc1cc(Br)cc(C)c1OC(C(=O)O)C(C)C. The Hall–Kier alpha value is -1.03. The Morgan fingerprint density at radius 3 is 2.12 bits per heavy atom. The van der Waals surface area contributed by atoms with E-state index in [1.165, 1.54) is 0 Å². The van der Waals surface area contributed by atoms with E-state index in [4.69, 9.17) is 9.84 Å². The Morgan fingerprint density at radius 1 is 1.29 bits per heavy atom. The molecule has 17 heavy (non-hydrogen) atoms. The lowest BCUT2D eigenvalue weighted by molar-refractivity contribution is -0.147. The average molecular weight is 301 g/mol. The molecule has 1 unspecified atom stereocenters. The number of benzene rings is 1. The monoisotopic (exact) mass is 300 g/mol. The zero-order valence-electron chi connectivity index (χ0n) is 10.5. The van der Waals surface area contributed by atoms with Crippen LogP contribution < -0.4 is 4.74 Å². The van der Waals surface area contributed by atoms with Gasteiger partial charge in [-0.25, -0.2) is 4.79 Å². The molecule has 1 aromatic carbocycles. The fourth-order valence-corrected chi connectivity index (χ4v) is 2.37. The van der Waals surface area contributed by atoms with E-state index in [1.54, 1.807) is 0 Å². The van der Waals surface area contributed by atoms with Crippen LogP contribution in [0.2, 0.25) is 0 Å². The van der Waals surface area contributed by atoms with Crippen molar-refractivity contribution in [3.05, 3.63) is 27.7 Å². The van der Waals surface area contributed by atoms with Crippen LogP contribution in [0.25, 0.3) is 0 Å². The Bertz CT molecular complexity index is 404. The number of aliphatic carboxylic acids is 1. The minimum Gasteiger partial charge on any atom is -0.478 e. The number of halogens is 1. The standard InChI is InChI=1S/C13H17BrO3/c1-7(2)11(13(15)16)17-12-8(3)5-10(14)6-9(12)4/h5-7,11H,1-4H3,(H,15,16). The largest absolute Gasteiger partial charge is 0.478 e. The molecule has 0 bridgehead atoms. The zero-order valence-corrected chi connectivity index (χ0v) is 12.0. The molecular formula is C13H17BrO3. The molecule has 4 heteroatoms. The number of carbonyl (C=O) groups is 1. The zero-order chi connectivity index (χ0) is 13.2. The third-order valence-electron chi connectivity index (χ3n) is 2.52. The van der Waals surface area contributed by atoms with Gasteiger partial charge in [-0.3, -0.25) is 0 Å². The fraction of sp³-hybridized carbons (Fsp3) is 0.462. The highest BCUT2D eigenvalue weighted by Gasteiger charge is 2.24. The molecule has 0 saturated heterocycles. The quantitative estimate of drug-likeness (QED) is 0.925. The highest BCUT2D eigenvalue weighted by Crippen LogP contribution is 2.29. The summed E-state index contributed by atoms with van der Waals surface area (Å²) >= 11 is 3.40. The molecule has 0 aliphatic heterocycles. The van der Waals surface area contributed by atoms with Crippen molar-refractivity contribution in [1.82, 2.24) is 0 Å². The minimum absolute atomic E-state index is 0.0741. The van der Waals surface area contributed by atoms with Gasteiger partial charge in [0.1, 0.15) is 5.75 Å². The third-order valence-corrected chi connectivity index (χ3v) is 2.98. The molecule has 0 spiro atoms. The van der Waals surface area contributed by atoms with Crippen molar-refractivity contribution in [1.29, 1.82) is 0 Å². The molecule has 0 aromatic heterocycles. The minimum atomic E-state index is -0.929. The van der Waals surface area contributed by atoms with E-state index in [0.29, 0.717) is 5.75 Å². The van der Waals surface area contributed by atoms with Gasteiger partial charge in [0.05, 0.1) is 0 Å². The molecule has 0 fully saturated rings. The molecule has 94 valence electrons. The van der Waals surface area contributed by atoms with Crippen molar-refractivity contribution in [3.63, 3.8) is 0 Å². The normalized spacial score (nSPS) is 12.6. The van der Waals surface area contributed by atoms with Gasteiger partial charge in [0.2, 0.25) is 0 Å². The number of hydrogen-bond acceptors (Lipinski definition) is 2. The first kappa shape index (κ1) is 14.0. The second-order valence-electron chi connectivity index (χ2n) is 4.49. The van der Waals surface area contributed by atoms with Crippen LogP contribution in [0.3, 0.4) is 0 Å². The number of ether oxygens (including phenoxy) is 1. The molecule has 1 atom stereocenters. The summed E-state index contributed by atoms with van der Waals surface area (Å²) in [6.45, 7) is 7.49. The second-order valence-corrected chi connectivity index (χ2v) is 5.41. The summed E-state index contributed by atoms with van der Waals surface area (Å²) in [7, 11) is 0. The molecule has 0 aliphatic carbocycles.